The minimum absolute atomic E-state index is 0.0728. The second-order valence-electron chi connectivity index (χ2n) is 7.96. The van der Waals surface area contributed by atoms with E-state index in [9.17, 15) is 27.1 Å². The van der Waals surface area contributed by atoms with Gasteiger partial charge in [-0.1, -0.05) is 6.42 Å². The van der Waals surface area contributed by atoms with Crippen molar-refractivity contribution in [2.45, 2.75) is 81.4 Å². The molecule has 0 aliphatic heterocycles. The molecule has 3 aliphatic carbocycles. The predicted octanol–water partition coefficient (Wildman–Crippen LogP) is 3.91. The molecule has 29 heavy (non-hydrogen) atoms. The van der Waals surface area contributed by atoms with Gasteiger partial charge in [0.15, 0.2) is 5.82 Å². The minimum atomic E-state index is -2.77. The molecule has 0 amide bonds. The van der Waals surface area contributed by atoms with Crippen LogP contribution in [0.1, 0.15) is 58.6 Å². The molecule has 1 aromatic rings. The monoisotopic (exact) mass is 420 g/mol. The molecule has 11 heteroatoms. The van der Waals surface area contributed by atoms with E-state index in [0.717, 1.165) is 0 Å². The molecule has 1 unspecified atom stereocenters. The van der Waals surface area contributed by atoms with E-state index in [1.807, 2.05) is 0 Å². The van der Waals surface area contributed by atoms with Crippen LogP contribution in [0.25, 0.3) is 5.57 Å². The number of anilines is 2. The van der Waals surface area contributed by atoms with E-state index in [2.05, 4.69) is 25.6 Å². The van der Waals surface area contributed by atoms with Crippen LogP contribution in [-0.4, -0.2) is 50.1 Å². The molecule has 1 heterocycles. The molecule has 4 rings (SSSR count). The second-order valence-corrected chi connectivity index (χ2v) is 7.96. The molecular formula is C18H22F5N5O. The van der Waals surface area contributed by atoms with Crippen LogP contribution in [0.15, 0.2) is 5.83 Å². The Kier molecular flexibility index (Phi) is 4.79. The normalized spacial score (nSPS) is 30.1. The summed E-state index contributed by atoms with van der Waals surface area (Å²) in [5, 5.41) is 15.6. The molecule has 1 atom stereocenters. The first-order valence-electron chi connectivity index (χ1n) is 10.1. The Bertz CT molecular complexity index is 805. The van der Waals surface area contributed by atoms with Crippen molar-refractivity contribution < 1.29 is 28.4 Å². The molecule has 2 saturated carbocycles. The van der Waals surface area contributed by atoms with Crippen molar-refractivity contribution in [1.82, 2.24) is 15.0 Å². The molecule has 0 radical (unpaired) electrons. The van der Waals surface area contributed by atoms with Gasteiger partial charge < -0.3 is 15.7 Å². The zero-order chi connectivity index (χ0) is 21.7. The molecule has 0 spiro atoms. The Balaban J connectivity index is 1.63. The topological polar surface area (TPSA) is 83.0 Å². The lowest BCUT2D eigenvalue weighted by atomic mass is 9.88. The summed E-state index contributed by atoms with van der Waals surface area (Å²) in [7, 11) is 0. The standard InChI is InChI=1S/C18H22F5N5O/c19-13-11(3-1-2-4-12(13)29)14-26-15(24-9-5-17(20,21)6-9)28-16(27-14)25-10-7-18(22,23)8-10/h9-10,12,29H,1-8H2,(H2,24,25,26,27,28)/i12D. The van der Waals surface area contributed by atoms with Crippen LogP contribution in [0.4, 0.5) is 33.8 Å². The van der Waals surface area contributed by atoms with Gasteiger partial charge in [-0.3, -0.25) is 0 Å². The van der Waals surface area contributed by atoms with Gasteiger partial charge >= 0.3 is 0 Å². The summed E-state index contributed by atoms with van der Waals surface area (Å²) in [6.07, 6.45) is -3.05. The number of hydrogen-bond acceptors (Lipinski definition) is 6. The largest absolute Gasteiger partial charge is 0.386 e. The van der Waals surface area contributed by atoms with Crippen molar-refractivity contribution >= 4 is 17.5 Å². The van der Waals surface area contributed by atoms with Crippen LogP contribution >= 0.6 is 0 Å². The highest BCUT2D eigenvalue weighted by molar-refractivity contribution is 5.64. The number of allylic oxidation sites excluding steroid dienone is 1. The summed E-state index contributed by atoms with van der Waals surface area (Å²) in [6, 6.07) is -1.17. The van der Waals surface area contributed by atoms with Crippen LogP contribution < -0.4 is 10.6 Å². The lowest BCUT2D eigenvalue weighted by Crippen LogP contribution is -2.45. The third-order valence-electron chi connectivity index (χ3n) is 5.36. The van der Waals surface area contributed by atoms with Crippen molar-refractivity contribution in [2.75, 3.05) is 10.6 Å². The average Bonchev–Trinajstić information content (AvgIpc) is 2.70. The average molecular weight is 420 g/mol. The summed E-state index contributed by atoms with van der Waals surface area (Å²) in [5.74, 6) is -6.96. The molecule has 0 bridgehead atoms. The molecule has 160 valence electrons. The maximum absolute atomic E-state index is 14.8. The molecule has 3 N–H and O–H groups in total. The van der Waals surface area contributed by atoms with Crippen LogP contribution in [-0.2, 0) is 0 Å². The van der Waals surface area contributed by atoms with Crippen molar-refractivity contribution in [3.05, 3.63) is 11.7 Å². The Morgan fingerprint density at radius 2 is 1.41 bits per heavy atom. The summed E-state index contributed by atoms with van der Waals surface area (Å²) in [5.41, 5.74) is -0.0728. The minimum Gasteiger partial charge on any atom is -0.386 e. The van der Waals surface area contributed by atoms with E-state index in [1.165, 1.54) is 0 Å². The number of aromatic nitrogens is 3. The Hall–Kier alpha value is -2.04. The van der Waals surface area contributed by atoms with Crippen LogP contribution in [0.5, 0.6) is 0 Å². The number of nitrogens with one attached hydrogen (secondary N) is 2. The first kappa shape index (κ1) is 19.0. The van der Waals surface area contributed by atoms with E-state index in [0.29, 0.717) is 12.8 Å². The highest BCUT2D eigenvalue weighted by Crippen LogP contribution is 2.40. The van der Waals surface area contributed by atoms with Gasteiger partial charge in [-0.05, 0) is 19.3 Å². The number of hydrogen-bond donors (Lipinski definition) is 3. The van der Waals surface area contributed by atoms with Crippen LogP contribution in [0, 0.1) is 0 Å². The van der Waals surface area contributed by atoms with Crippen molar-refractivity contribution in [2.24, 2.45) is 0 Å². The molecule has 6 nitrogen and oxygen atoms in total. The first-order chi connectivity index (χ1) is 13.9. The van der Waals surface area contributed by atoms with Gasteiger partial charge in [-0.15, -0.1) is 0 Å². The maximum Gasteiger partial charge on any atom is 0.252 e. The Morgan fingerprint density at radius 3 is 1.90 bits per heavy atom. The van der Waals surface area contributed by atoms with E-state index < -0.39 is 61.5 Å². The SMILES string of the molecule is [2H]C1(O)CCCCC(c2nc(NC3CC(F)(F)C3)nc(NC3CC(F)(F)C3)n2)=C1F. The molecule has 0 aromatic carbocycles. The predicted molar refractivity (Wildman–Crippen MR) is 95.5 cm³/mol. The van der Waals surface area contributed by atoms with Gasteiger partial charge in [0.2, 0.25) is 11.9 Å². The first-order valence-corrected chi connectivity index (χ1v) is 9.59. The van der Waals surface area contributed by atoms with Crippen molar-refractivity contribution in [3.63, 3.8) is 0 Å². The lowest BCUT2D eigenvalue weighted by molar-refractivity contribution is -0.0799. The molecule has 1 aromatic heterocycles. The van der Waals surface area contributed by atoms with E-state index >= 15 is 0 Å². The lowest BCUT2D eigenvalue weighted by Gasteiger charge is -2.36. The number of aliphatic hydroxyl groups is 1. The van der Waals surface area contributed by atoms with Gasteiger partial charge in [-0.25, -0.2) is 22.0 Å². The molecule has 3 aliphatic rings. The zero-order valence-corrected chi connectivity index (χ0v) is 15.5. The highest BCUT2D eigenvalue weighted by Gasteiger charge is 2.46. The quantitative estimate of drug-likeness (QED) is 0.627. The zero-order valence-electron chi connectivity index (χ0n) is 16.5. The van der Waals surface area contributed by atoms with Crippen molar-refractivity contribution in [3.8, 4) is 0 Å². The fraction of sp³-hybridized carbons (Fsp3) is 0.722. The summed E-state index contributed by atoms with van der Waals surface area (Å²) in [4.78, 5) is 12.3. The fourth-order valence-electron chi connectivity index (χ4n) is 3.73. The van der Waals surface area contributed by atoms with Crippen LogP contribution in [0.3, 0.4) is 0 Å². The van der Waals surface area contributed by atoms with Gasteiger partial charge in [0.25, 0.3) is 11.8 Å². The highest BCUT2D eigenvalue weighted by atomic mass is 19.3. The third kappa shape index (κ3) is 4.59. The number of nitrogens with zero attached hydrogens (tertiary/aromatic N) is 3. The summed E-state index contributed by atoms with van der Waals surface area (Å²) in [6.45, 7) is 0. The Labute approximate surface area is 165 Å². The summed E-state index contributed by atoms with van der Waals surface area (Å²) >= 11 is 0. The van der Waals surface area contributed by atoms with Crippen molar-refractivity contribution in [1.29, 1.82) is 0 Å². The number of alkyl halides is 4. The van der Waals surface area contributed by atoms with E-state index in [4.69, 9.17) is 1.37 Å². The third-order valence-corrected chi connectivity index (χ3v) is 5.36. The Morgan fingerprint density at radius 1 is 0.897 bits per heavy atom. The maximum atomic E-state index is 14.8. The van der Waals surface area contributed by atoms with E-state index in [-0.39, 0.29) is 36.1 Å². The molecule has 2 fully saturated rings. The van der Waals surface area contributed by atoms with Crippen LogP contribution in [0.2, 0.25) is 0 Å². The van der Waals surface area contributed by atoms with Gasteiger partial charge in [0.05, 0.1) is 1.37 Å². The molecular weight excluding hydrogens is 397 g/mol. The van der Waals surface area contributed by atoms with Gasteiger partial charge in [-0.2, -0.15) is 15.0 Å². The number of rotatable bonds is 5. The second kappa shape index (κ2) is 7.33. The molecule has 0 saturated heterocycles. The van der Waals surface area contributed by atoms with E-state index in [1.54, 1.807) is 0 Å². The smallest absolute Gasteiger partial charge is 0.252 e. The van der Waals surface area contributed by atoms with Gasteiger partial charge in [0.1, 0.15) is 11.9 Å². The number of halogens is 5. The fourth-order valence-corrected chi connectivity index (χ4v) is 3.73. The van der Waals surface area contributed by atoms with Gasteiger partial charge in [0, 0.05) is 43.3 Å². The summed E-state index contributed by atoms with van der Waals surface area (Å²) < 4.78 is 75.2.